The summed E-state index contributed by atoms with van der Waals surface area (Å²) in [5, 5.41) is 10.7. The molecule has 102 valence electrons. The number of halogens is 1. The molecule has 0 spiro atoms. The zero-order valence-electron chi connectivity index (χ0n) is 10.3. The van der Waals surface area contributed by atoms with Gasteiger partial charge in [0.2, 0.25) is 0 Å². The minimum absolute atomic E-state index is 0.000459. The van der Waals surface area contributed by atoms with Crippen molar-refractivity contribution in [1.82, 2.24) is 0 Å². The molecular formula is C13H14FNO4. The molecule has 0 bridgehead atoms. The van der Waals surface area contributed by atoms with Gasteiger partial charge in [-0.1, -0.05) is 12.8 Å². The summed E-state index contributed by atoms with van der Waals surface area (Å²) < 4.78 is 18.1. The Kier molecular flexibility index (Phi) is 4.09. The maximum absolute atomic E-state index is 12.9. The third kappa shape index (κ3) is 3.27. The van der Waals surface area contributed by atoms with Crippen molar-refractivity contribution in [3.05, 3.63) is 34.1 Å². The molecule has 0 amide bonds. The van der Waals surface area contributed by atoms with E-state index in [9.17, 15) is 19.3 Å². The molecule has 1 aliphatic carbocycles. The molecular weight excluding hydrogens is 253 g/mol. The van der Waals surface area contributed by atoms with Gasteiger partial charge in [-0.25, -0.2) is 4.39 Å². The zero-order chi connectivity index (χ0) is 13.8. The van der Waals surface area contributed by atoms with Crippen LogP contribution >= 0.6 is 0 Å². The number of nitro benzene ring substituents is 1. The van der Waals surface area contributed by atoms with Crippen molar-refractivity contribution >= 4 is 11.5 Å². The number of ether oxygens (including phenoxy) is 1. The van der Waals surface area contributed by atoms with E-state index in [1.165, 1.54) is 6.07 Å². The first-order valence-corrected chi connectivity index (χ1v) is 6.17. The zero-order valence-corrected chi connectivity index (χ0v) is 10.3. The smallest absolute Gasteiger partial charge is 0.313 e. The summed E-state index contributed by atoms with van der Waals surface area (Å²) in [5.74, 6) is -0.824. The van der Waals surface area contributed by atoms with E-state index in [1.54, 1.807) is 0 Å². The van der Waals surface area contributed by atoms with Gasteiger partial charge in [-0.3, -0.25) is 14.9 Å². The van der Waals surface area contributed by atoms with Crippen LogP contribution in [0.15, 0.2) is 18.2 Å². The number of nitro groups is 1. The number of Topliss-reactive ketones (excluding diaryl/α,β-unsaturated/α-hetero) is 1. The first-order valence-electron chi connectivity index (χ1n) is 6.17. The van der Waals surface area contributed by atoms with Crippen LogP contribution in [-0.2, 0) is 4.79 Å². The van der Waals surface area contributed by atoms with Gasteiger partial charge in [0.1, 0.15) is 12.4 Å². The molecule has 0 aliphatic heterocycles. The van der Waals surface area contributed by atoms with Gasteiger partial charge in [0, 0.05) is 5.92 Å². The number of rotatable bonds is 5. The van der Waals surface area contributed by atoms with Crippen molar-refractivity contribution in [2.75, 3.05) is 6.61 Å². The Morgan fingerprint density at radius 2 is 2.11 bits per heavy atom. The van der Waals surface area contributed by atoms with E-state index in [-0.39, 0.29) is 24.1 Å². The minimum atomic E-state index is -0.724. The number of ketones is 1. The highest BCUT2D eigenvalue weighted by molar-refractivity contribution is 5.82. The highest BCUT2D eigenvalue weighted by Crippen LogP contribution is 2.29. The number of benzene rings is 1. The Morgan fingerprint density at radius 3 is 2.74 bits per heavy atom. The first-order chi connectivity index (χ1) is 9.08. The van der Waals surface area contributed by atoms with E-state index in [0.717, 1.165) is 37.8 Å². The van der Waals surface area contributed by atoms with Gasteiger partial charge < -0.3 is 4.74 Å². The largest absolute Gasteiger partial charge is 0.479 e. The van der Waals surface area contributed by atoms with Crippen LogP contribution in [0.3, 0.4) is 0 Å². The number of hydrogen-bond donors (Lipinski definition) is 0. The highest BCUT2D eigenvalue weighted by atomic mass is 19.1. The van der Waals surface area contributed by atoms with Crippen LogP contribution in [-0.4, -0.2) is 17.3 Å². The monoisotopic (exact) mass is 267 g/mol. The Labute approximate surface area is 109 Å². The van der Waals surface area contributed by atoms with Gasteiger partial charge in [-0.15, -0.1) is 0 Å². The van der Waals surface area contributed by atoms with E-state index < -0.39 is 16.4 Å². The molecule has 0 heterocycles. The normalized spacial score (nSPS) is 15.4. The predicted octanol–water partition coefficient (Wildman–Crippen LogP) is 2.87. The molecule has 1 aliphatic rings. The molecule has 2 rings (SSSR count). The van der Waals surface area contributed by atoms with Crippen molar-refractivity contribution in [2.45, 2.75) is 25.7 Å². The Balaban J connectivity index is 2.02. The maximum atomic E-state index is 12.9. The summed E-state index contributed by atoms with van der Waals surface area (Å²) in [4.78, 5) is 21.8. The van der Waals surface area contributed by atoms with Crippen LogP contribution in [0.2, 0.25) is 0 Å². The fourth-order valence-corrected chi connectivity index (χ4v) is 2.27. The summed E-state index contributed by atoms with van der Waals surface area (Å²) >= 11 is 0. The van der Waals surface area contributed by atoms with Crippen molar-refractivity contribution in [2.24, 2.45) is 5.92 Å². The third-order valence-electron chi connectivity index (χ3n) is 3.30. The lowest BCUT2D eigenvalue weighted by molar-refractivity contribution is -0.386. The molecule has 0 unspecified atom stereocenters. The van der Waals surface area contributed by atoms with Crippen molar-refractivity contribution in [1.29, 1.82) is 0 Å². The summed E-state index contributed by atoms with van der Waals surface area (Å²) in [7, 11) is 0. The fourth-order valence-electron chi connectivity index (χ4n) is 2.27. The van der Waals surface area contributed by atoms with Crippen LogP contribution < -0.4 is 4.74 Å². The van der Waals surface area contributed by atoms with Gasteiger partial charge in [-0.05, 0) is 25.0 Å². The number of carbonyl (C=O) groups is 1. The van der Waals surface area contributed by atoms with Gasteiger partial charge in [0.25, 0.3) is 0 Å². The minimum Gasteiger partial charge on any atom is -0.479 e. The van der Waals surface area contributed by atoms with Gasteiger partial charge >= 0.3 is 5.69 Å². The van der Waals surface area contributed by atoms with E-state index in [4.69, 9.17) is 4.74 Å². The fraction of sp³-hybridized carbons (Fsp3) is 0.462. The topological polar surface area (TPSA) is 69.4 Å². The first kappa shape index (κ1) is 13.5. The quantitative estimate of drug-likeness (QED) is 0.607. The Bertz CT molecular complexity index is 497. The molecule has 1 fully saturated rings. The molecule has 0 aromatic heterocycles. The summed E-state index contributed by atoms with van der Waals surface area (Å²) in [6.07, 6.45) is 3.78. The number of hydrogen-bond acceptors (Lipinski definition) is 4. The third-order valence-corrected chi connectivity index (χ3v) is 3.30. The predicted molar refractivity (Wildman–Crippen MR) is 65.5 cm³/mol. The lowest BCUT2D eigenvalue weighted by Crippen LogP contribution is -2.19. The average Bonchev–Trinajstić information content (AvgIpc) is 2.90. The standard InChI is InChI=1S/C13H14FNO4/c14-10-5-6-13(11(7-10)15(17)18)19-8-12(16)9-3-1-2-4-9/h5-7,9H,1-4,8H2. The van der Waals surface area contributed by atoms with Crippen LogP contribution in [0.4, 0.5) is 10.1 Å². The SMILES string of the molecule is O=C(COc1ccc(F)cc1[N+](=O)[O-])C1CCCC1. The molecule has 0 atom stereocenters. The van der Waals surface area contributed by atoms with Crippen LogP contribution in [0, 0.1) is 21.8 Å². The van der Waals surface area contributed by atoms with E-state index in [0.29, 0.717) is 0 Å². The molecule has 1 aromatic carbocycles. The summed E-state index contributed by atoms with van der Waals surface area (Å²) in [6, 6.07) is 3.03. The van der Waals surface area contributed by atoms with E-state index in [1.807, 2.05) is 0 Å². The van der Waals surface area contributed by atoms with E-state index in [2.05, 4.69) is 0 Å². The second-order valence-corrected chi connectivity index (χ2v) is 4.61. The molecule has 0 radical (unpaired) electrons. The van der Waals surface area contributed by atoms with Crippen LogP contribution in [0.1, 0.15) is 25.7 Å². The van der Waals surface area contributed by atoms with Crippen LogP contribution in [0.25, 0.3) is 0 Å². The molecule has 1 saturated carbocycles. The average molecular weight is 267 g/mol. The van der Waals surface area contributed by atoms with Gasteiger partial charge in [-0.2, -0.15) is 0 Å². The molecule has 0 saturated heterocycles. The lowest BCUT2D eigenvalue weighted by atomic mass is 10.0. The Morgan fingerprint density at radius 1 is 1.42 bits per heavy atom. The Hall–Kier alpha value is -1.98. The maximum Gasteiger partial charge on any atom is 0.313 e. The molecule has 0 N–H and O–H groups in total. The molecule has 6 heteroatoms. The van der Waals surface area contributed by atoms with Crippen molar-refractivity contribution < 1.29 is 18.8 Å². The van der Waals surface area contributed by atoms with Gasteiger partial charge in [0.15, 0.2) is 11.5 Å². The number of nitrogens with zero attached hydrogens (tertiary/aromatic N) is 1. The molecule has 19 heavy (non-hydrogen) atoms. The van der Waals surface area contributed by atoms with Crippen molar-refractivity contribution in [3.8, 4) is 5.75 Å². The second kappa shape index (κ2) is 5.77. The molecule has 1 aromatic rings. The van der Waals surface area contributed by atoms with Crippen LogP contribution in [0.5, 0.6) is 5.75 Å². The second-order valence-electron chi connectivity index (χ2n) is 4.61. The summed E-state index contributed by atoms with van der Waals surface area (Å²) in [5.41, 5.74) is -0.459. The van der Waals surface area contributed by atoms with Crippen molar-refractivity contribution in [3.63, 3.8) is 0 Å². The molecule has 5 nitrogen and oxygen atoms in total. The van der Waals surface area contributed by atoms with Gasteiger partial charge in [0.05, 0.1) is 11.0 Å². The van der Waals surface area contributed by atoms with E-state index >= 15 is 0 Å². The number of carbonyl (C=O) groups excluding carboxylic acids is 1. The lowest BCUT2D eigenvalue weighted by Gasteiger charge is -2.09. The summed E-state index contributed by atoms with van der Waals surface area (Å²) in [6.45, 7) is -0.197. The highest BCUT2D eigenvalue weighted by Gasteiger charge is 2.24.